The number of carbonyl (C=O) groups is 2. The van der Waals surface area contributed by atoms with Gasteiger partial charge in [-0.1, -0.05) is 34.1 Å². The molecule has 28 heavy (non-hydrogen) atoms. The molecule has 3 aromatic rings. The van der Waals surface area contributed by atoms with Gasteiger partial charge in [-0.2, -0.15) is 5.10 Å². The molecule has 144 valence electrons. The summed E-state index contributed by atoms with van der Waals surface area (Å²) in [5.41, 5.74) is 2.17. The number of aryl methyl sites for hydroxylation is 1. The first kappa shape index (κ1) is 19.6. The Labute approximate surface area is 170 Å². The fourth-order valence-electron chi connectivity index (χ4n) is 2.66. The van der Waals surface area contributed by atoms with Crippen molar-refractivity contribution in [3.8, 4) is 11.4 Å². The van der Waals surface area contributed by atoms with E-state index in [1.807, 2.05) is 37.3 Å². The highest BCUT2D eigenvalue weighted by atomic mass is 79.9. The number of amides is 2. The van der Waals surface area contributed by atoms with Gasteiger partial charge in [-0.15, -0.1) is 0 Å². The third kappa shape index (κ3) is 4.40. The number of rotatable bonds is 5. The van der Waals surface area contributed by atoms with Gasteiger partial charge in [0, 0.05) is 17.2 Å². The predicted octanol–water partition coefficient (Wildman–Crippen LogP) is 3.36. The van der Waals surface area contributed by atoms with E-state index < -0.39 is 5.91 Å². The normalized spacial score (nSPS) is 10.5. The molecular weight excluding hydrogens is 424 g/mol. The average molecular weight is 443 g/mol. The predicted molar refractivity (Wildman–Crippen MR) is 110 cm³/mol. The highest BCUT2D eigenvalue weighted by Gasteiger charge is 2.22. The number of aromatic hydroxyl groups is 1. The first-order valence-electron chi connectivity index (χ1n) is 8.50. The molecule has 1 heterocycles. The molecule has 2 N–H and O–H groups in total. The van der Waals surface area contributed by atoms with Crippen LogP contribution in [0.1, 0.15) is 16.1 Å². The van der Waals surface area contributed by atoms with E-state index >= 15 is 0 Å². The quantitative estimate of drug-likeness (QED) is 0.633. The van der Waals surface area contributed by atoms with Crippen LogP contribution in [0.3, 0.4) is 0 Å². The number of benzene rings is 2. The van der Waals surface area contributed by atoms with Crippen LogP contribution in [-0.4, -0.2) is 45.2 Å². The number of hydrogen-bond acceptors (Lipinski definition) is 4. The molecule has 0 radical (unpaired) electrons. The molecule has 0 unspecified atom stereocenters. The summed E-state index contributed by atoms with van der Waals surface area (Å²) in [6.07, 6.45) is 1.36. The largest absolute Gasteiger partial charge is 0.504 e. The third-order valence-electron chi connectivity index (χ3n) is 4.11. The van der Waals surface area contributed by atoms with Crippen molar-refractivity contribution in [1.82, 2.24) is 14.7 Å². The molecule has 0 aliphatic heterocycles. The Morgan fingerprint density at radius 1 is 1.21 bits per heavy atom. The lowest BCUT2D eigenvalue weighted by molar-refractivity contribution is -0.116. The maximum Gasteiger partial charge on any atom is 0.278 e. The molecule has 2 aromatic carbocycles. The molecule has 0 spiro atoms. The molecule has 8 heteroatoms. The van der Waals surface area contributed by atoms with Crippen LogP contribution in [0.15, 0.2) is 59.2 Å². The second kappa shape index (κ2) is 8.26. The molecule has 0 aliphatic rings. The van der Waals surface area contributed by atoms with Crippen molar-refractivity contribution in [2.24, 2.45) is 0 Å². The first-order valence-corrected chi connectivity index (χ1v) is 9.30. The molecule has 3 rings (SSSR count). The molecule has 0 aliphatic carbocycles. The van der Waals surface area contributed by atoms with E-state index in [1.165, 1.54) is 22.8 Å². The Bertz CT molecular complexity index is 1020. The maximum atomic E-state index is 12.6. The number of likely N-dealkylation sites (N-methyl/N-ethyl adjacent to an activating group) is 1. The molecule has 0 saturated heterocycles. The van der Waals surface area contributed by atoms with E-state index in [2.05, 4.69) is 26.3 Å². The van der Waals surface area contributed by atoms with Gasteiger partial charge in [-0.05, 0) is 42.8 Å². The van der Waals surface area contributed by atoms with Gasteiger partial charge < -0.3 is 15.3 Å². The molecule has 2 amide bonds. The van der Waals surface area contributed by atoms with Crippen molar-refractivity contribution < 1.29 is 14.7 Å². The fraction of sp³-hybridized carbons (Fsp3) is 0.150. The van der Waals surface area contributed by atoms with E-state index in [0.717, 1.165) is 10.0 Å². The smallest absolute Gasteiger partial charge is 0.278 e. The topological polar surface area (TPSA) is 87.5 Å². The monoisotopic (exact) mass is 442 g/mol. The summed E-state index contributed by atoms with van der Waals surface area (Å²) in [4.78, 5) is 26.1. The van der Waals surface area contributed by atoms with E-state index in [0.29, 0.717) is 11.4 Å². The summed E-state index contributed by atoms with van der Waals surface area (Å²) in [7, 11) is 1.48. The van der Waals surface area contributed by atoms with Gasteiger partial charge in [0.15, 0.2) is 11.4 Å². The Morgan fingerprint density at radius 3 is 2.61 bits per heavy atom. The van der Waals surface area contributed by atoms with E-state index in [-0.39, 0.29) is 23.9 Å². The second-order valence-electron chi connectivity index (χ2n) is 6.31. The summed E-state index contributed by atoms with van der Waals surface area (Å²) >= 11 is 3.38. The molecular formula is C20H19BrN4O3. The average Bonchev–Trinajstić information content (AvgIpc) is 3.05. The summed E-state index contributed by atoms with van der Waals surface area (Å²) in [5, 5.41) is 17.0. The Morgan fingerprint density at radius 2 is 1.93 bits per heavy atom. The molecule has 0 bridgehead atoms. The maximum absolute atomic E-state index is 12.6. The molecule has 0 fully saturated rings. The number of nitrogens with one attached hydrogen (secondary N) is 1. The lowest BCUT2D eigenvalue weighted by Crippen LogP contribution is -2.35. The summed E-state index contributed by atoms with van der Waals surface area (Å²) in [5.74, 6) is -1.14. The minimum Gasteiger partial charge on any atom is -0.504 e. The zero-order chi connectivity index (χ0) is 20.3. The first-order chi connectivity index (χ1) is 13.3. The number of para-hydroxylation sites is 1. The Hall–Kier alpha value is -3.13. The van der Waals surface area contributed by atoms with Gasteiger partial charge in [0.1, 0.15) is 0 Å². The van der Waals surface area contributed by atoms with Crippen LogP contribution in [0.5, 0.6) is 5.75 Å². The molecule has 1 aromatic heterocycles. The zero-order valence-corrected chi connectivity index (χ0v) is 17.0. The minimum atomic E-state index is -0.546. The van der Waals surface area contributed by atoms with Gasteiger partial charge >= 0.3 is 0 Å². The van der Waals surface area contributed by atoms with Crippen molar-refractivity contribution in [2.45, 2.75) is 6.92 Å². The van der Waals surface area contributed by atoms with Gasteiger partial charge in [-0.3, -0.25) is 9.59 Å². The summed E-state index contributed by atoms with van der Waals surface area (Å²) in [6.45, 7) is 1.70. The molecule has 0 saturated carbocycles. The van der Waals surface area contributed by atoms with E-state index in [9.17, 15) is 14.7 Å². The van der Waals surface area contributed by atoms with Crippen LogP contribution < -0.4 is 5.32 Å². The van der Waals surface area contributed by atoms with E-state index in [1.54, 1.807) is 18.2 Å². The highest BCUT2D eigenvalue weighted by Crippen LogP contribution is 2.21. The molecule has 0 atom stereocenters. The summed E-state index contributed by atoms with van der Waals surface area (Å²) in [6, 6.07) is 14.6. The SMILES string of the molecule is Cc1cc(Br)ccc1NC(=O)CN(C)C(=O)c1nn(-c2ccccc2)cc1O. The molecule has 7 nitrogen and oxygen atoms in total. The highest BCUT2D eigenvalue weighted by molar-refractivity contribution is 9.10. The van der Waals surface area contributed by atoms with Crippen molar-refractivity contribution in [1.29, 1.82) is 0 Å². The van der Waals surface area contributed by atoms with Crippen LogP contribution in [-0.2, 0) is 4.79 Å². The van der Waals surface area contributed by atoms with Crippen LogP contribution in [0.25, 0.3) is 5.69 Å². The van der Waals surface area contributed by atoms with Crippen LogP contribution >= 0.6 is 15.9 Å². The third-order valence-corrected chi connectivity index (χ3v) is 4.60. The van der Waals surface area contributed by atoms with Crippen molar-refractivity contribution in [3.05, 3.63) is 70.5 Å². The van der Waals surface area contributed by atoms with Crippen molar-refractivity contribution in [2.75, 3.05) is 18.9 Å². The second-order valence-corrected chi connectivity index (χ2v) is 7.23. The van der Waals surface area contributed by atoms with Crippen LogP contribution in [0, 0.1) is 6.92 Å². The Balaban J connectivity index is 1.69. The number of halogens is 1. The van der Waals surface area contributed by atoms with Crippen molar-refractivity contribution >= 4 is 33.4 Å². The number of hydrogen-bond donors (Lipinski definition) is 2. The lowest BCUT2D eigenvalue weighted by Gasteiger charge is -2.16. The van der Waals surface area contributed by atoms with Gasteiger partial charge in [0.25, 0.3) is 5.91 Å². The number of anilines is 1. The number of carbonyl (C=O) groups excluding carboxylic acids is 2. The van der Waals surface area contributed by atoms with Gasteiger partial charge in [-0.25, -0.2) is 4.68 Å². The lowest BCUT2D eigenvalue weighted by atomic mass is 10.2. The minimum absolute atomic E-state index is 0.112. The summed E-state index contributed by atoms with van der Waals surface area (Å²) < 4.78 is 2.33. The van der Waals surface area contributed by atoms with Gasteiger partial charge in [0.05, 0.1) is 18.4 Å². The Kier molecular flexibility index (Phi) is 5.79. The van der Waals surface area contributed by atoms with Crippen LogP contribution in [0.2, 0.25) is 0 Å². The van der Waals surface area contributed by atoms with Crippen molar-refractivity contribution in [3.63, 3.8) is 0 Å². The number of aromatic nitrogens is 2. The fourth-order valence-corrected chi connectivity index (χ4v) is 3.13. The zero-order valence-electron chi connectivity index (χ0n) is 15.4. The standard InChI is InChI=1S/C20H19BrN4O3/c1-13-10-14(21)8-9-16(13)22-18(27)12-24(2)20(28)19-17(26)11-25(23-19)15-6-4-3-5-7-15/h3-11,26H,12H2,1-2H3,(H,22,27). The number of nitrogens with zero attached hydrogens (tertiary/aromatic N) is 3. The van der Waals surface area contributed by atoms with E-state index in [4.69, 9.17) is 0 Å². The van der Waals surface area contributed by atoms with Crippen LogP contribution in [0.4, 0.5) is 5.69 Å². The van der Waals surface area contributed by atoms with Gasteiger partial charge in [0.2, 0.25) is 5.91 Å².